The third-order valence-corrected chi connectivity index (χ3v) is 5.67. The lowest BCUT2D eigenvalue weighted by Crippen LogP contribution is -2.14. The van der Waals surface area contributed by atoms with Crippen molar-refractivity contribution in [1.29, 1.82) is 0 Å². The zero-order valence-electron chi connectivity index (χ0n) is 11.2. The molecule has 0 saturated heterocycles. The van der Waals surface area contributed by atoms with Gasteiger partial charge < -0.3 is 0 Å². The summed E-state index contributed by atoms with van der Waals surface area (Å²) in [6, 6.07) is 7.91. The summed E-state index contributed by atoms with van der Waals surface area (Å²) in [5, 5.41) is 0.344. The molecular formula is C14H12Cl3NO2S. The zero-order valence-corrected chi connectivity index (χ0v) is 14.3. The van der Waals surface area contributed by atoms with Crippen LogP contribution in [0.25, 0.3) is 0 Å². The molecule has 0 spiro atoms. The molecule has 0 heterocycles. The maximum atomic E-state index is 12.5. The Hall–Kier alpha value is -0.940. The first kappa shape index (κ1) is 16.4. The zero-order chi connectivity index (χ0) is 15.8. The summed E-state index contributed by atoms with van der Waals surface area (Å²) < 4.78 is 27.4. The fourth-order valence-electron chi connectivity index (χ4n) is 1.77. The number of halogens is 3. The van der Waals surface area contributed by atoms with Crippen molar-refractivity contribution in [3.05, 3.63) is 56.5 Å². The average molecular weight is 365 g/mol. The van der Waals surface area contributed by atoms with E-state index in [-0.39, 0.29) is 20.0 Å². The van der Waals surface area contributed by atoms with Crippen LogP contribution in [0, 0.1) is 13.8 Å². The van der Waals surface area contributed by atoms with Crippen LogP contribution in [0.5, 0.6) is 0 Å². The second-order valence-electron chi connectivity index (χ2n) is 4.55. The van der Waals surface area contributed by atoms with Gasteiger partial charge in [0.05, 0.1) is 20.8 Å². The van der Waals surface area contributed by atoms with Gasteiger partial charge >= 0.3 is 0 Å². The summed E-state index contributed by atoms with van der Waals surface area (Å²) in [5.74, 6) is 0. The van der Waals surface area contributed by atoms with Crippen LogP contribution < -0.4 is 4.72 Å². The molecule has 0 fully saturated rings. The molecule has 2 rings (SSSR count). The highest BCUT2D eigenvalue weighted by molar-refractivity contribution is 7.92. The summed E-state index contributed by atoms with van der Waals surface area (Å²) in [4.78, 5) is -0.112. The molecule has 2 aromatic rings. The van der Waals surface area contributed by atoms with E-state index in [0.717, 1.165) is 11.1 Å². The fraction of sp³-hybridized carbons (Fsp3) is 0.143. The Morgan fingerprint density at radius 2 is 1.57 bits per heavy atom. The van der Waals surface area contributed by atoms with Crippen LogP contribution in [0.15, 0.2) is 35.2 Å². The van der Waals surface area contributed by atoms with Crippen LogP contribution in [0.1, 0.15) is 11.1 Å². The van der Waals surface area contributed by atoms with E-state index >= 15 is 0 Å². The molecule has 2 aromatic carbocycles. The van der Waals surface area contributed by atoms with Crippen molar-refractivity contribution < 1.29 is 8.42 Å². The van der Waals surface area contributed by atoms with Gasteiger partial charge in [0.1, 0.15) is 4.90 Å². The highest BCUT2D eigenvalue weighted by Gasteiger charge is 2.21. The Morgan fingerprint density at radius 3 is 2.24 bits per heavy atom. The van der Waals surface area contributed by atoms with Crippen LogP contribution in [0.4, 0.5) is 5.69 Å². The smallest absolute Gasteiger partial charge is 0.263 e. The Kier molecular flexibility index (Phi) is 4.73. The van der Waals surface area contributed by atoms with Gasteiger partial charge in [-0.25, -0.2) is 8.42 Å². The minimum absolute atomic E-state index is 0.0159. The van der Waals surface area contributed by atoms with E-state index < -0.39 is 10.0 Å². The number of benzene rings is 2. The molecule has 0 amide bonds. The van der Waals surface area contributed by atoms with Gasteiger partial charge in [-0.1, -0.05) is 46.9 Å². The topological polar surface area (TPSA) is 46.2 Å². The Labute approximate surface area is 138 Å². The second-order valence-corrected chi connectivity index (χ2v) is 7.42. The maximum absolute atomic E-state index is 12.5. The monoisotopic (exact) mass is 363 g/mol. The summed E-state index contributed by atoms with van der Waals surface area (Å²) in [7, 11) is -3.85. The summed E-state index contributed by atoms with van der Waals surface area (Å²) in [6.07, 6.45) is 0. The van der Waals surface area contributed by atoms with Gasteiger partial charge in [0, 0.05) is 0 Å². The van der Waals surface area contributed by atoms with E-state index in [1.54, 1.807) is 12.1 Å². The molecule has 0 aliphatic rings. The van der Waals surface area contributed by atoms with Gasteiger partial charge in [0.2, 0.25) is 0 Å². The number of aryl methyl sites for hydroxylation is 1. The normalized spacial score (nSPS) is 11.5. The van der Waals surface area contributed by atoms with Crippen molar-refractivity contribution in [3.8, 4) is 0 Å². The van der Waals surface area contributed by atoms with Crippen LogP contribution in [-0.4, -0.2) is 8.42 Å². The average Bonchev–Trinajstić information content (AvgIpc) is 2.39. The van der Waals surface area contributed by atoms with Gasteiger partial charge in [0.15, 0.2) is 0 Å². The molecule has 0 aromatic heterocycles. The lowest BCUT2D eigenvalue weighted by molar-refractivity contribution is 0.601. The third kappa shape index (κ3) is 3.46. The van der Waals surface area contributed by atoms with Crippen molar-refractivity contribution >= 4 is 50.5 Å². The number of anilines is 1. The van der Waals surface area contributed by atoms with E-state index in [1.807, 2.05) is 19.9 Å². The van der Waals surface area contributed by atoms with Crippen molar-refractivity contribution in [2.75, 3.05) is 4.72 Å². The first-order valence-corrected chi connectivity index (χ1v) is 8.57. The van der Waals surface area contributed by atoms with E-state index in [2.05, 4.69) is 4.72 Å². The van der Waals surface area contributed by atoms with E-state index in [0.29, 0.717) is 5.69 Å². The molecule has 1 N–H and O–H groups in total. The Balaban J connectivity index is 2.48. The fourth-order valence-corrected chi connectivity index (χ4v) is 3.90. The number of hydrogen-bond donors (Lipinski definition) is 1. The number of hydrogen-bond acceptors (Lipinski definition) is 2. The highest BCUT2D eigenvalue weighted by Crippen LogP contribution is 2.33. The van der Waals surface area contributed by atoms with Crippen molar-refractivity contribution in [3.63, 3.8) is 0 Å². The quantitative estimate of drug-likeness (QED) is 0.773. The van der Waals surface area contributed by atoms with Crippen LogP contribution in [-0.2, 0) is 10.0 Å². The summed E-state index contributed by atoms with van der Waals surface area (Å²) in [6.45, 7) is 3.74. The van der Waals surface area contributed by atoms with E-state index in [1.165, 1.54) is 12.1 Å². The molecule has 0 saturated carbocycles. The minimum Gasteiger partial charge on any atom is -0.279 e. The third-order valence-electron chi connectivity index (χ3n) is 3.11. The molecule has 0 atom stereocenters. The van der Waals surface area contributed by atoms with Gasteiger partial charge in [-0.2, -0.15) is 0 Å². The first-order valence-electron chi connectivity index (χ1n) is 5.96. The molecule has 3 nitrogen and oxygen atoms in total. The van der Waals surface area contributed by atoms with E-state index in [9.17, 15) is 8.42 Å². The molecule has 0 radical (unpaired) electrons. The standard InChI is InChI=1S/C14H12Cl3NO2S/c1-8-4-3-5-13(9(8)2)18-21(19,20)14-7-11(16)10(15)6-12(14)17/h3-7,18H,1-2H3. The first-order chi connectivity index (χ1) is 9.72. The summed E-state index contributed by atoms with van der Waals surface area (Å²) >= 11 is 17.6. The van der Waals surface area contributed by atoms with E-state index in [4.69, 9.17) is 34.8 Å². The Morgan fingerprint density at radius 1 is 0.952 bits per heavy atom. The molecule has 112 valence electrons. The molecule has 0 aliphatic heterocycles. The van der Waals surface area contributed by atoms with Crippen LogP contribution in [0.3, 0.4) is 0 Å². The van der Waals surface area contributed by atoms with Gasteiger partial charge in [-0.3, -0.25) is 4.72 Å². The molecule has 0 unspecified atom stereocenters. The minimum atomic E-state index is -3.85. The molecular weight excluding hydrogens is 353 g/mol. The van der Waals surface area contributed by atoms with Gasteiger partial charge in [-0.15, -0.1) is 0 Å². The largest absolute Gasteiger partial charge is 0.279 e. The van der Waals surface area contributed by atoms with Crippen LogP contribution in [0.2, 0.25) is 15.1 Å². The lowest BCUT2D eigenvalue weighted by atomic mass is 10.1. The second kappa shape index (κ2) is 6.05. The number of sulfonamides is 1. The SMILES string of the molecule is Cc1cccc(NS(=O)(=O)c2cc(Cl)c(Cl)cc2Cl)c1C. The van der Waals surface area contributed by atoms with Crippen molar-refractivity contribution in [1.82, 2.24) is 0 Å². The predicted octanol–water partition coefficient (Wildman–Crippen LogP) is 5.06. The van der Waals surface area contributed by atoms with Crippen LogP contribution >= 0.6 is 34.8 Å². The lowest BCUT2D eigenvalue weighted by Gasteiger charge is -2.13. The predicted molar refractivity (Wildman–Crippen MR) is 88.2 cm³/mol. The van der Waals surface area contributed by atoms with Gasteiger partial charge in [-0.05, 0) is 43.2 Å². The molecule has 7 heteroatoms. The molecule has 21 heavy (non-hydrogen) atoms. The van der Waals surface area contributed by atoms with Gasteiger partial charge in [0.25, 0.3) is 10.0 Å². The van der Waals surface area contributed by atoms with Crippen molar-refractivity contribution in [2.24, 2.45) is 0 Å². The Bertz CT molecular complexity index is 804. The highest BCUT2D eigenvalue weighted by atomic mass is 35.5. The van der Waals surface area contributed by atoms with Crippen molar-refractivity contribution in [2.45, 2.75) is 18.7 Å². The number of rotatable bonds is 3. The molecule has 0 bridgehead atoms. The molecule has 0 aliphatic carbocycles. The summed E-state index contributed by atoms with van der Waals surface area (Å²) in [5.41, 5.74) is 2.32. The number of nitrogens with one attached hydrogen (secondary N) is 1. The maximum Gasteiger partial charge on any atom is 0.263 e.